The maximum Gasteiger partial charge on any atom is 0.750 e. The fraction of sp³-hybridized carbons (Fsp3) is 0.375. The summed E-state index contributed by atoms with van der Waals surface area (Å²) in [6.07, 6.45) is -1.79. The van der Waals surface area contributed by atoms with E-state index in [1.54, 1.807) is 37.3 Å². The number of aliphatic hydroxyl groups excluding tert-OH is 1. The van der Waals surface area contributed by atoms with Crippen molar-refractivity contribution in [2.75, 3.05) is 0 Å². The van der Waals surface area contributed by atoms with Crippen LogP contribution in [-0.4, -0.2) is 33.0 Å². The highest BCUT2D eigenvalue weighted by atomic mass is 31.1. The van der Waals surface area contributed by atoms with Crippen molar-refractivity contribution in [1.82, 2.24) is 9.55 Å². The molecule has 26 heavy (non-hydrogen) atoms. The quantitative estimate of drug-likeness (QED) is 0.724. The van der Waals surface area contributed by atoms with E-state index in [1.165, 1.54) is 6.20 Å². The Morgan fingerprint density at radius 2 is 2.04 bits per heavy atom. The van der Waals surface area contributed by atoms with Gasteiger partial charge in [-0.1, -0.05) is 18.2 Å². The molecule has 1 saturated heterocycles. The Labute approximate surface area is 149 Å². The van der Waals surface area contributed by atoms with Gasteiger partial charge in [-0.05, 0) is 19.1 Å². The molecule has 2 N–H and O–H groups in total. The maximum absolute atomic E-state index is 12.0. The summed E-state index contributed by atoms with van der Waals surface area (Å²) in [5, 5.41) is 10.2. The van der Waals surface area contributed by atoms with Crippen LogP contribution in [0.25, 0.3) is 0 Å². The highest BCUT2D eigenvalue weighted by molar-refractivity contribution is 7.33. The molecule has 1 aromatic heterocycles. The SMILES string of the molecule is CC(O[P+](=O)Oc1ccccc1)C1CC(O)C(n2ccc(=O)[nH]c2=O)O1. The third-order valence-corrected chi connectivity index (χ3v) is 4.81. The van der Waals surface area contributed by atoms with Crippen LogP contribution in [0, 0.1) is 0 Å². The molecular formula is C16H18N2O7P+. The lowest BCUT2D eigenvalue weighted by atomic mass is 10.1. The molecule has 0 spiro atoms. The Morgan fingerprint density at radius 3 is 2.73 bits per heavy atom. The van der Waals surface area contributed by atoms with Crippen LogP contribution in [-0.2, 0) is 13.8 Å². The third kappa shape index (κ3) is 4.25. The van der Waals surface area contributed by atoms with Crippen LogP contribution in [0.5, 0.6) is 5.75 Å². The highest BCUT2D eigenvalue weighted by Gasteiger charge is 2.42. The second-order valence-electron chi connectivity index (χ2n) is 5.82. The molecule has 0 radical (unpaired) electrons. The Bertz CT molecular complexity index is 882. The van der Waals surface area contributed by atoms with Gasteiger partial charge in [-0.2, -0.15) is 0 Å². The van der Waals surface area contributed by atoms with Gasteiger partial charge in [-0.3, -0.25) is 14.3 Å². The Balaban J connectivity index is 1.62. The fourth-order valence-electron chi connectivity index (χ4n) is 2.65. The van der Waals surface area contributed by atoms with Gasteiger partial charge in [0.2, 0.25) is 0 Å². The summed E-state index contributed by atoms with van der Waals surface area (Å²) < 4.78 is 29.3. The molecular weight excluding hydrogens is 363 g/mol. The summed E-state index contributed by atoms with van der Waals surface area (Å²) >= 11 is 0. The summed E-state index contributed by atoms with van der Waals surface area (Å²) in [6.45, 7) is 1.64. The summed E-state index contributed by atoms with van der Waals surface area (Å²) in [4.78, 5) is 25.1. The predicted molar refractivity (Wildman–Crippen MR) is 91.1 cm³/mol. The number of aromatic amines is 1. The molecule has 10 heteroatoms. The van der Waals surface area contributed by atoms with Crippen molar-refractivity contribution in [2.24, 2.45) is 0 Å². The molecule has 3 rings (SSSR count). The average molecular weight is 381 g/mol. The monoisotopic (exact) mass is 381 g/mol. The molecule has 0 saturated carbocycles. The van der Waals surface area contributed by atoms with Gasteiger partial charge in [0, 0.05) is 23.2 Å². The lowest BCUT2D eigenvalue weighted by Gasteiger charge is -2.17. The number of hydrogen-bond acceptors (Lipinski definition) is 7. The molecule has 1 aliphatic heterocycles. The Kier molecular flexibility index (Phi) is 5.63. The zero-order valence-corrected chi connectivity index (χ0v) is 14.7. The molecule has 0 bridgehead atoms. The van der Waals surface area contributed by atoms with Gasteiger partial charge in [-0.25, -0.2) is 9.32 Å². The lowest BCUT2D eigenvalue weighted by Crippen LogP contribution is -2.35. The largest absolute Gasteiger partial charge is 0.750 e. The van der Waals surface area contributed by atoms with Crippen molar-refractivity contribution in [1.29, 1.82) is 0 Å². The van der Waals surface area contributed by atoms with E-state index in [4.69, 9.17) is 13.8 Å². The first-order valence-corrected chi connectivity index (χ1v) is 9.05. The van der Waals surface area contributed by atoms with Crippen molar-refractivity contribution in [2.45, 2.75) is 37.9 Å². The first-order valence-electron chi connectivity index (χ1n) is 7.96. The van der Waals surface area contributed by atoms with Crippen LogP contribution < -0.4 is 15.8 Å². The highest BCUT2D eigenvalue weighted by Crippen LogP contribution is 2.35. The van der Waals surface area contributed by atoms with E-state index in [1.807, 2.05) is 0 Å². The minimum atomic E-state index is -2.43. The molecule has 5 atom stereocenters. The van der Waals surface area contributed by atoms with E-state index in [9.17, 15) is 19.3 Å². The van der Waals surface area contributed by atoms with E-state index in [0.717, 1.165) is 10.6 Å². The smallest absolute Gasteiger partial charge is 0.388 e. The number of ether oxygens (including phenoxy) is 1. The number of hydrogen-bond donors (Lipinski definition) is 2. The van der Waals surface area contributed by atoms with E-state index in [-0.39, 0.29) is 6.42 Å². The minimum Gasteiger partial charge on any atom is -0.388 e. The summed E-state index contributed by atoms with van der Waals surface area (Å²) in [5.74, 6) is 0.408. The van der Waals surface area contributed by atoms with Crippen molar-refractivity contribution in [3.05, 3.63) is 63.4 Å². The van der Waals surface area contributed by atoms with E-state index < -0.39 is 44.0 Å². The molecule has 5 unspecified atom stereocenters. The first kappa shape index (κ1) is 18.5. The number of aromatic nitrogens is 2. The van der Waals surface area contributed by atoms with Crippen LogP contribution in [0.4, 0.5) is 0 Å². The van der Waals surface area contributed by atoms with Crippen molar-refractivity contribution >= 4 is 8.25 Å². The third-order valence-electron chi connectivity index (χ3n) is 3.94. The number of nitrogens with zero attached hydrogens (tertiary/aromatic N) is 1. The van der Waals surface area contributed by atoms with Crippen molar-refractivity contribution < 1.29 is 23.5 Å². The molecule has 2 aromatic rings. The Hall–Kier alpha value is -2.32. The molecule has 1 aromatic carbocycles. The van der Waals surface area contributed by atoms with Crippen LogP contribution >= 0.6 is 8.25 Å². The molecule has 1 fully saturated rings. The molecule has 138 valence electrons. The first-order chi connectivity index (χ1) is 12.4. The average Bonchev–Trinajstić information content (AvgIpc) is 2.97. The number of para-hydroxylation sites is 1. The standard InChI is InChI=1S/C16H17N2O7P/c1-10(24-26(22)25-11-5-3-2-4-6-11)13-9-12(19)15(23-13)18-8-7-14(20)17-16(18)21/h2-8,10,12-13,15,19H,9H2,1H3/p+1. The van der Waals surface area contributed by atoms with Gasteiger partial charge >= 0.3 is 13.9 Å². The zero-order valence-electron chi connectivity index (χ0n) is 13.8. The normalized spacial score (nSPS) is 24.2. The van der Waals surface area contributed by atoms with Gasteiger partial charge in [-0.15, -0.1) is 4.52 Å². The molecule has 1 aliphatic rings. The van der Waals surface area contributed by atoms with Gasteiger partial charge in [0.15, 0.2) is 12.0 Å². The fourth-order valence-corrected chi connectivity index (χ4v) is 3.40. The van der Waals surface area contributed by atoms with Gasteiger partial charge < -0.3 is 9.84 Å². The van der Waals surface area contributed by atoms with Gasteiger partial charge in [0.25, 0.3) is 5.56 Å². The molecule has 9 nitrogen and oxygen atoms in total. The number of nitrogens with one attached hydrogen (secondary N) is 1. The zero-order chi connectivity index (χ0) is 18.7. The summed E-state index contributed by atoms with van der Waals surface area (Å²) in [5.41, 5.74) is -1.23. The second kappa shape index (κ2) is 7.92. The molecule has 0 aliphatic carbocycles. The van der Waals surface area contributed by atoms with E-state index in [2.05, 4.69) is 4.98 Å². The number of H-pyrrole nitrogens is 1. The molecule has 0 amide bonds. The second-order valence-corrected chi connectivity index (χ2v) is 6.66. The number of aliphatic hydroxyl groups is 1. The molecule has 2 heterocycles. The van der Waals surface area contributed by atoms with Crippen LogP contribution in [0.3, 0.4) is 0 Å². The minimum absolute atomic E-state index is 0.173. The van der Waals surface area contributed by atoms with E-state index in [0.29, 0.717) is 5.75 Å². The van der Waals surface area contributed by atoms with Crippen LogP contribution in [0.15, 0.2) is 52.2 Å². The van der Waals surface area contributed by atoms with Crippen LogP contribution in [0.2, 0.25) is 0 Å². The predicted octanol–water partition coefficient (Wildman–Crippen LogP) is 1.33. The van der Waals surface area contributed by atoms with E-state index >= 15 is 0 Å². The topological polar surface area (TPSA) is 120 Å². The lowest BCUT2D eigenvalue weighted by molar-refractivity contribution is -0.0677. The Morgan fingerprint density at radius 1 is 1.31 bits per heavy atom. The number of rotatable bonds is 6. The number of benzene rings is 1. The summed E-state index contributed by atoms with van der Waals surface area (Å²) in [6, 6.07) is 9.74. The van der Waals surface area contributed by atoms with Crippen LogP contribution in [0.1, 0.15) is 19.6 Å². The van der Waals surface area contributed by atoms with Crippen molar-refractivity contribution in [3.63, 3.8) is 0 Å². The summed E-state index contributed by atoms with van der Waals surface area (Å²) in [7, 11) is -2.43. The van der Waals surface area contributed by atoms with Gasteiger partial charge in [0.05, 0.1) is 6.10 Å². The maximum atomic E-state index is 12.0. The van der Waals surface area contributed by atoms with Gasteiger partial charge in [0.1, 0.15) is 12.2 Å². The van der Waals surface area contributed by atoms with Crippen molar-refractivity contribution in [3.8, 4) is 5.75 Å².